The molecule has 1 amide bonds. The van der Waals surface area contributed by atoms with Crippen molar-refractivity contribution in [3.05, 3.63) is 65.2 Å². The lowest BCUT2D eigenvalue weighted by atomic mass is 9.89. The van der Waals surface area contributed by atoms with Crippen molar-refractivity contribution in [2.45, 2.75) is 25.2 Å². The van der Waals surface area contributed by atoms with Crippen molar-refractivity contribution >= 4 is 23.3 Å². The SMILES string of the molecule is COC(=O)C(=O)C1CNc2ccc(C(=O)N3CCC(Cc4ccccc4)CC3)cc21. The van der Waals surface area contributed by atoms with Crippen LogP contribution in [0.2, 0.25) is 0 Å². The van der Waals surface area contributed by atoms with Gasteiger partial charge in [0.15, 0.2) is 0 Å². The maximum atomic E-state index is 13.1. The quantitative estimate of drug-likeness (QED) is 0.610. The largest absolute Gasteiger partial charge is 0.463 e. The lowest BCUT2D eigenvalue weighted by molar-refractivity contribution is -0.152. The Morgan fingerprint density at radius 1 is 1.07 bits per heavy atom. The maximum Gasteiger partial charge on any atom is 0.375 e. The number of anilines is 1. The molecule has 30 heavy (non-hydrogen) atoms. The summed E-state index contributed by atoms with van der Waals surface area (Å²) in [5.74, 6) is -1.49. The van der Waals surface area contributed by atoms with Gasteiger partial charge in [0.1, 0.15) is 0 Å². The molecule has 0 bridgehead atoms. The zero-order valence-corrected chi connectivity index (χ0v) is 17.1. The summed E-state index contributed by atoms with van der Waals surface area (Å²) in [6.45, 7) is 1.80. The van der Waals surface area contributed by atoms with Gasteiger partial charge in [-0.2, -0.15) is 0 Å². The molecule has 2 aromatic carbocycles. The van der Waals surface area contributed by atoms with E-state index in [9.17, 15) is 14.4 Å². The number of fused-ring (bicyclic) bond motifs is 1. The van der Waals surface area contributed by atoms with Gasteiger partial charge in [0, 0.05) is 30.9 Å². The summed E-state index contributed by atoms with van der Waals surface area (Å²) < 4.78 is 4.57. The number of nitrogens with one attached hydrogen (secondary N) is 1. The molecule has 4 rings (SSSR count). The molecule has 1 unspecified atom stereocenters. The second-order valence-electron chi connectivity index (χ2n) is 8.02. The van der Waals surface area contributed by atoms with Crippen LogP contribution in [-0.2, 0) is 20.7 Å². The fourth-order valence-electron chi connectivity index (χ4n) is 4.41. The Balaban J connectivity index is 1.41. The van der Waals surface area contributed by atoms with Crippen molar-refractivity contribution in [2.75, 3.05) is 32.1 Å². The molecule has 1 atom stereocenters. The molecule has 156 valence electrons. The molecule has 1 fully saturated rings. The van der Waals surface area contributed by atoms with Gasteiger partial charge in [-0.05, 0) is 54.5 Å². The number of methoxy groups -OCH3 is 1. The summed E-state index contributed by atoms with van der Waals surface area (Å²) in [7, 11) is 1.20. The number of carbonyl (C=O) groups is 3. The third kappa shape index (κ3) is 4.08. The number of rotatable bonds is 5. The Kier molecular flexibility index (Phi) is 5.84. The minimum atomic E-state index is -0.855. The first-order chi connectivity index (χ1) is 14.6. The highest BCUT2D eigenvalue weighted by Crippen LogP contribution is 2.33. The van der Waals surface area contributed by atoms with E-state index in [0.717, 1.165) is 38.0 Å². The number of piperidine rings is 1. The number of benzene rings is 2. The van der Waals surface area contributed by atoms with Crippen LogP contribution >= 0.6 is 0 Å². The van der Waals surface area contributed by atoms with Crippen LogP contribution in [0.15, 0.2) is 48.5 Å². The number of ketones is 1. The minimum Gasteiger partial charge on any atom is -0.463 e. The highest BCUT2D eigenvalue weighted by Gasteiger charge is 2.34. The molecule has 0 aromatic heterocycles. The van der Waals surface area contributed by atoms with Crippen molar-refractivity contribution in [3.63, 3.8) is 0 Å². The van der Waals surface area contributed by atoms with Crippen LogP contribution < -0.4 is 5.32 Å². The zero-order valence-electron chi connectivity index (χ0n) is 17.1. The molecule has 2 aliphatic heterocycles. The first-order valence-electron chi connectivity index (χ1n) is 10.4. The van der Waals surface area contributed by atoms with Crippen molar-refractivity contribution in [3.8, 4) is 0 Å². The van der Waals surface area contributed by atoms with Crippen molar-refractivity contribution in [1.82, 2.24) is 4.90 Å². The monoisotopic (exact) mass is 406 g/mol. The van der Waals surface area contributed by atoms with Crippen molar-refractivity contribution < 1.29 is 19.1 Å². The third-order valence-electron chi connectivity index (χ3n) is 6.14. The second kappa shape index (κ2) is 8.69. The number of hydrogen-bond donors (Lipinski definition) is 1. The van der Waals surface area contributed by atoms with E-state index < -0.39 is 17.7 Å². The molecular weight excluding hydrogens is 380 g/mol. The van der Waals surface area contributed by atoms with Gasteiger partial charge in [0.05, 0.1) is 13.0 Å². The summed E-state index contributed by atoms with van der Waals surface area (Å²) >= 11 is 0. The molecule has 0 radical (unpaired) electrons. The standard InChI is InChI=1S/C24H26N2O4/c1-30-24(29)22(27)20-15-25-21-8-7-18(14-19(20)21)23(28)26-11-9-17(10-12-26)13-16-5-3-2-4-6-16/h2-8,14,17,20,25H,9-13,15H2,1H3. The molecule has 2 aliphatic rings. The van der Waals surface area contributed by atoms with Crippen LogP contribution in [0.3, 0.4) is 0 Å². The lowest BCUT2D eigenvalue weighted by Crippen LogP contribution is -2.39. The van der Waals surface area contributed by atoms with Gasteiger partial charge in [0.25, 0.3) is 5.91 Å². The fourth-order valence-corrected chi connectivity index (χ4v) is 4.41. The number of amides is 1. The average molecular weight is 406 g/mol. The molecule has 0 spiro atoms. The summed E-state index contributed by atoms with van der Waals surface area (Å²) in [5, 5.41) is 3.13. The Morgan fingerprint density at radius 3 is 2.50 bits per heavy atom. The Hall–Kier alpha value is -3.15. The predicted molar refractivity (Wildman–Crippen MR) is 113 cm³/mol. The molecule has 2 aromatic rings. The highest BCUT2D eigenvalue weighted by atomic mass is 16.5. The highest BCUT2D eigenvalue weighted by molar-refractivity contribution is 6.36. The van der Waals surface area contributed by atoms with Gasteiger partial charge in [0.2, 0.25) is 5.78 Å². The number of nitrogens with zero attached hydrogens (tertiary/aromatic N) is 1. The predicted octanol–water partition coefficient (Wildman–Crippen LogP) is 3.03. The van der Waals surface area contributed by atoms with Gasteiger partial charge < -0.3 is 15.0 Å². The van der Waals surface area contributed by atoms with E-state index in [0.29, 0.717) is 23.6 Å². The van der Waals surface area contributed by atoms with E-state index in [-0.39, 0.29) is 5.91 Å². The molecule has 1 N–H and O–H groups in total. The van der Waals surface area contributed by atoms with Crippen LogP contribution in [0.5, 0.6) is 0 Å². The van der Waals surface area contributed by atoms with E-state index in [2.05, 4.69) is 34.3 Å². The normalized spacial score (nSPS) is 18.4. The molecule has 0 aliphatic carbocycles. The lowest BCUT2D eigenvalue weighted by Gasteiger charge is -2.32. The molecule has 0 saturated carbocycles. The second-order valence-corrected chi connectivity index (χ2v) is 8.02. The average Bonchev–Trinajstić information content (AvgIpc) is 3.22. The van der Waals surface area contributed by atoms with Crippen LogP contribution in [-0.4, -0.2) is 49.3 Å². The number of hydrogen-bond acceptors (Lipinski definition) is 5. The number of esters is 1. The minimum absolute atomic E-state index is 0.0212. The summed E-state index contributed by atoms with van der Waals surface area (Å²) in [6, 6.07) is 15.8. The first kappa shape index (κ1) is 20.1. The van der Waals surface area contributed by atoms with E-state index in [1.807, 2.05) is 17.0 Å². The van der Waals surface area contributed by atoms with Gasteiger partial charge >= 0.3 is 5.97 Å². The van der Waals surface area contributed by atoms with Crippen LogP contribution in [0.25, 0.3) is 0 Å². The van der Waals surface area contributed by atoms with Gasteiger partial charge in [-0.1, -0.05) is 30.3 Å². The van der Waals surface area contributed by atoms with Crippen LogP contribution in [0, 0.1) is 5.92 Å². The van der Waals surface area contributed by atoms with Gasteiger partial charge in [-0.15, -0.1) is 0 Å². The van der Waals surface area contributed by atoms with Gasteiger partial charge in [-0.25, -0.2) is 4.79 Å². The summed E-state index contributed by atoms with van der Waals surface area (Å²) in [4.78, 5) is 38.9. The van der Waals surface area contributed by atoms with Crippen LogP contribution in [0.1, 0.15) is 40.2 Å². The van der Waals surface area contributed by atoms with E-state index in [1.165, 1.54) is 12.7 Å². The van der Waals surface area contributed by atoms with Crippen molar-refractivity contribution in [2.24, 2.45) is 5.92 Å². The molecule has 2 heterocycles. The van der Waals surface area contributed by atoms with Gasteiger partial charge in [-0.3, -0.25) is 9.59 Å². The summed E-state index contributed by atoms with van der Waals surface area (Å²) in [6.07, 6.45) is 3.01. The summed E-state index contributed by atoms with van der Waals surface area (Å²) in [5.41, 5.74) is 3.38. The number of carbonyl (C=O) groups excluding carboxylic acids is 3. The Morgan fingerprint density at radius 2 is 1.80 bits per heavy atom. The van der Waals surface area contributed by atoms with E-state index in [4.69, 9.17) is 0 Å². The number of likely N-dealkylation sites (tertiary alicyclic amines) is 1. The maximum absolute atomic E-state index is 13.1. The number of Topliss-reactive ketones (excluding diaryl/α,β-unsaturated/α-hetero) is 1. The van der Waals surface area contributed by atoms with Crippen molar-refractivity contribution in [1.29, 1.82) is 0 Å². The third-order valence-corrected chi connectivity index (χ3v) is 6.14. The zero-order chi connectivity index (χ0) is 21.1. The first-order valence-corrected chi connectivity index (χ1v) is 10.4. The topological polar surface area (TPSA) is 75.7 Å². The smallest absolute Gasteiger partial charge is 0.375 e. The Labute approximate surface area is 176 Å². The van der Waals surface area contributed by atoms with E-state index >= 15 is 0 Å². The molecular formula is C24H26N2O4. The fraction of sp³-hybridized carbons (Fsp3) is 0.375. The van der Waals surface area contributed by atoms with Crippen LogP contribution in [0.4, 0.5) is 5.69 Å². The van der Waals surface area contributed by atoms with E-state index in [1.54, 1.807) is 12.1 Å². The molecule has 6 heteroatoms. The number of ether oxygens (including phenoxy) is 1. The Bertz CT molecular complexity index is 949. The molecule has 1 saturated heterocycles. The molecule has 6 nitrogen and oxygen atoms in total.